The Labute approximate surface area is 227 Å². The molecule has 0 aromatic heterocycles. The Morgan fingerprint density at radius 1 is 1.16 bits per heavy atom. The van der Waals surface area contributed by atoms with Gasteiger partial charge in [0, 0.05) is 23.2 Å². The highest BCUT2D eigenvalue weighted by molar-refractivity contribution is 7.89. The number of hydrogen-bond donors (Lipinski definition) is 1. The molecule has 1 unspecified atom stereocenters. The van der Waals surface area contributed by atoms with Crippen LogP contribution in [0.1, 0.15) is 59.1 Å². The monoisotopic (exact) mass is 572 g/mol. The molecule has 1 saturated heterocycles. The first-order valence-corrected chi connectivity index (χ1v) is 14.9. The van der Waals surface area contributed by atoms with Gasteiger partial charge in [-0.1, -0.05) is 29.3 Å². The molecule has 2 aromatic rings. The lowest BCUT2D eigenvalue weighted by Crippen LogP contribution is -2.39. The Bertz CT molecular complexity index is 1250. The van der Waals surface area contributed by atoms with Gasteiger partial charge in [-0.2, -0.15) is 0 Å². The van der Waals surface area contributed by atoms with Crippen molar-refractivity contribution in [3.05, 3.63) is 62.9 Å². The highest BCUT2D eigenvalue weighted by Crippen LogP contribution is 2.45. The summed E-state index contributed by atoms with van der Waals surface area (Å²) in [6.45, 7) is 2.59. The number of methoxy groups -OCH3 is 1. The molecule has 2 aliphatic rings. The maximum Gasteiger partial charge on any atom is 0.267 e. The second-order valence-electron chi connectivity index (χ2n) is 9.77. The lowest BCUT2D eigenvalue weighted by Gasteiger charge is -2.37. The minimum atomic E-state index is -3.80. The molecule has 1 heterocycles. The van der Waals surface area contributed by atoms with E-state index in [-0.39, 0.29) is 23.4 Å². The van der Waals surface area contributed by atoms with Crippen LogP contribution in [-0.4, -0.2) is 58.9 Å². The lowest BCUT2D eigenvalue weighted by atomic mass is 9.95. The molecule has 1 N–H and O–H groups in total. The van der Waals surface area contributed by atoms with Crippen molar-refractivity contribution in [2.45, 2.75) is 37.6 Å². The second-order valence-corrected chi connectivity index (χ2v) is 12.4. The van der Waals surface area contributed by atoms with Crippen LogP contribution in [0.3, 0.4) is 0 Å². The largest absolute Gasteiger partial charge is 0.493 e. The Morgan fingerprint density at radius 3 is 2.46 bits per heavy atom. The summed E-state index contributed by atoms with van der Waals surface area (Å²) in [6.07, 6.45) is 4.47. The van der Waals surface area contributed by atoms with E-state index in [1.54, 1.807) is 13.2 Å². The van der Waals surface area contributed by atoms with Crippen molar-refractivity contribution in [3.63, 3.8) is 0 Å². The van der Waals surface area contributed by atoms with Crippen molar-refractivity contribution in [2.75, 3.05) is 39.7 Å². The van der Waals surface area contributed by atoms with Gasteiger partial charge in [0.05, 0.1) is 31.1 Å². The van der Waals surface area contributed by atoms with Gasteiger partial charge in [0.1, 0.15) is 11.6 Å². The molecule has 37 heavy (non-hydrogen) atoms. The van der Waals surface area contributed by atoms with Gasteiger partial charge in [-0.25, -0.2) is 17.5 Å². The molecule has 1 aliphatic heterocycles. The quantitative estimate of drug-likeness (QED) is 0.422. The van der Waals surface area contributed by atoms with Crippen LogP contribution in [0.4, 0.5) is 4.39 Å². The number of nitrogens with one attached hydrogen (secondary N) is 1. The third-order valence-electron chi connectivity index (χ3n) is 6.85. The van der Waals surface area contributed by atoms with E-state index in [1.165, 1.54) is 12.1 Å². The van der Waals surface area contributed by atoms with Crippen molar-refractivity contribution in [1.82, 2.24) is 9.62 Å². The zero-order valence-electron chi connectivity index (χ0n) is 20.8. The molecule has 1 aliphatic carbocycles. The van der Waals surface area contributed by atoms with Crippen LogP contribution in [0.2, 0.25) is 10.0 Å². The molecule has 0 spiro atoms. The number of benzene rings is 2. The molecule has 1 atom stereocenters. The summed E-state index contributed by atoms with van der Waals surface area (Å²) in [4.78, 5) is 14.6. The summed E-state index contributed by atoms with van der Waals surface area (Å²) in [6, 6.07) is 8.16. The van der Waals surface area contributed by atoms with Gasteiger partial charge in [0.15, 0.2) is 0 Å². The number of hydrogen-bond acceptors (Lipinski definition) is 6. The van der Waals surface area contributed by atoms with E-state index in [2.05, 4.69) is 4.90 Å². The topological polar surface area (TPSA) is 84.9 Å². The predicted octanol–water partition coefficient (Wildman–Crippen LogP) is 5.18. The van der Waals surface area contributed by atoms with Crippen molar-refractivity contribution in [3.8, 4) is 5.75 Å². The van der Waals surface area contributed by atoms with E-state index in [1.807, 2.05) is 16.9 Å². The number of likely N-dealkylation sites (tertiary alicyclic amines) is 1. The molecule has 1 saturated carbocycles. The molecular weight excluding hydrogens is 542 g/mol. The molecule has 202 valence electrons. The van der Waals surface area contributed by atoms with E-state index < -0.39 is 21.7 Å². The highest BCUT2D eigenvalue weighted by atomic mass is 35.5. The number of piperidine rings is 1. The van der Waals surface area contributed by atoms with Crippen LogP contribution in [0.15, 0.2) is 30.3 Å². The maximum atomic E-state index is 14.8. The van der Waals surface area contributed by atoms with Crippen LogP contribution in [0, 0.1) is 11.7 Å². The number of rotatable bonds is 10. The Balaban J connectivity index is 1.40. The molecular formula is C26H31Cl2FN2O5S. The summed E-state index contributed by atoms with van der Waals surface area (Å²) < 4.78 is 51.0. The molecule has 2 fully saturated rings. The van der Waals surface area contributed by atoms with Crippen LogP contribution in [0.5, 0.6) is 5.75 Å². The highest BCUT2D eigenvalue weighted by Gasteiger charge is 2.31. The summed E-state index contributed by atoms with van der Waals surface area (Å²) in [5.41, 5.74) is 1.43. The summed E-state index contributed by atoms with van der Waals surface area (Å²) in [5, 5.41) is 1.20. The van der Waals surface area contributed by atoms with Gasteiger partial charge < -0.3 is 9.47 Å². The van der Waals surface area contributed by atoms with Crippen LogP contribution in [0.25, 0.3) is 0 Å². The van der Waals surface area contributed by atoms with Crippen molar-refractivity contribution in [1.29, 1.82) is 0 Å². The summed E-state index contributed by atoms with van der Waals surface area (Å²) in [5.74, 6) is -0.905. The number of halogens is 3. The zero-order chi connectivity index (χ0) is 26.7. The molecule has 1 amide bonds. The van der Waals surface area contributed by atoms with Gasteiger partial charge in [-0.05, 0) is 79.9 Å². The standard InChI is InChI=1S/C26H31Cl2FN2O5S/c1-35-15-24(19-6-5-18(27)11-22(19)28)31-9-7-16(8-10-31)14-36-25-13-23(29)21(12-20(25)17-3-4-17)26(32)30-37(2,33)34/h5-6,11-13,16-17,24H,3-4,7-10,14-15H2,1-2H3,(H,30,32). The third-order valence-corrected chi connectivity index (χ3v) is 7.97. The molecule has 7 nitrogen and oxygen atoms in total. The average Bonchev–Trinajstić information content (AvgIpc) is 3.66. The average molecular weight is 574 g/mol. The normalized spacial score (nSPS) is 18.0. The number of carbonyl (C=O) groups is 1. The van der Waals surface area contributed by atoms with E-state index in [0.29, 0.717) is 29.0 Å². The maximum absolute atomic E-state index is 14.8. The minimum absolute atomic E-state index is 0.0119. The van der Waals surface area contributed by atoms with Crippen LogP contribution >= 0.6 is 23.2 Å². The first kappa shape index (κ1) is 28.1. The van der Waals surface area contributed by atoms with Crippen molar-refractivity contribution >= 4 is 39.1 Å². The fourth-order valence-electron chi connectivity index (χ4n) is 4.77. The number of amides is 1. The SMILES string of the molecule is COCC(c1ccc(Cl)cc1Cl)N1CCC(COc2cc(F)c(C(=O)NS(C)(=O)=O)cc2C2CC2)CC1. The first-order chi connectivity index (χ1) is 17.6. The van der Waals surface area contributed by atoms with Gasteiger partial charge >= 0.3 is 0 Å². The van der Waals surface area contributed by atoms with E-state index in [9.17, 15) is 17.6 Å². The van der Waals surface area contributed by atoms with Gasteiger partial charge in [-0.3, -0.25) is 9.69 Å². The second kappa shape index (κ2) is 11.9. The lowest BCUT2D eigenvalue weighted by molar-refractivity contribution is 0.0556. The van der Waals surface area contributed by atoms with Gasteiger partial charge in [0.25, 0.3) is 5.91 Å². The number of ether oxygens (including phenoxy) is 2. The smallest absolute Gasteiger partial charge is 0.267 e. The van der Waals surface area contributed by atoms with Crippen molar-refractivity contribution < 1.29 is 27.1 Å². The zero-order valence-corrected chi connectivity index (χ0v) is 23.1. The molecule has 0 bridgehead atoms. The summed E-state index contributed by atoms with van der Waals surface area (Å²) >= 11 is 12.5. The first-order valence-electron chi connectivity index (χ1n) is 12.2. The van der Waals surface area contributed by atoms with E-state index >= 15 is 0 Å². The third kappa shape index (κ3) is 7.35. The fourth-order valence-corrected chi connectivity index (χ4v) is 5.75. The molecule has 0 radical (unpaired) electrons. The van der Waals surface area contributed by atoms with E-state index in [0.717, 1.165) is 56.2 Å². The van der Waals surface area contributed by atoms with Crippen LogP contribution in [-0.2, 0) is 14.8 Å². The van der Waals surface area contributed by atoms with E-state index in [4.69, 9.17) is 32.7 Å². The number of sulfonamides is 1. The Hall–Kier alpha value is -1.91. The van der Waals surface area contributed by atoms with Crippen LogP contribution < -0.4 is 9.46 Å². The summed E-state index contributed by atoms with van der Waals surface area (Å²) in [7, 11) is -2.13. The Kier molecular flexibility index (Phi) is 9.01. The minimum Gasteiger partial charge on any atom is -0.493 e. The number of carbonyl (C=O) groups excluding carboxylic acids is 1. The molecule has 2 aromatic carbocycles. The van der Waals surface area contributed by atoms with Gasteiger partial charge in [0.2, 0.25) is 10.0 Å². The number of nitrogens with zero attached hydrogens (tertiary/aromatic N) is 1. The fraction of sp³-hybridized carbons (Fsp3) is 0.500. The van der Waals surface area contributed by atoms with Crippen molar-refractivity contribution in [2.24, 2.45) is 5.92 Å². The molecule has 11 heteroatoms. The van der Waals surface area contributed by atoms with Gasteiger partial charge in [-0.15, -0.1) is 0 Å². The molecule has 4 rings (SSSR count). The predicted molar refractivity (Wildman–Crippen MR) is 142 cm³/mol. The Morgan fingerprint density at radius 2 is 1.86 bits per heavy atom.